The summed E-state index contributed by atoms with van der Waals surface area (Å²) in [5, 5.41) is 0. The molecule has 1 unspecified atom stereocenters. The van der Waals surface area contributed by atoms with Crippen molar-refractivity contribution < 1.29 is 0 Å². The van der Waals surface area contributed by atoms with Crippen LogP contribution in [0.15, 0.2) is 84.0 Å². The quantitative estimate of drug-likeness (QED) is 0.593. The Morgan fingerprint density at radius 2 is 1.65 bits per heavy atom. The zero-order chi connectivity index (χ0) is 18.1. The molecular weight excluding hydrogens is 312 g/mol. The maximum absolute atomic E-state index is 2.35. The summed E-state index contributed by atoms with van der Waals surface area (Å²) in [5.74, 6) is 0.396. The van der Waals surface area contributed by atoms with Crippen molar-refractivity contribution in [2.45, 2.75) is 33.6 Å². The number of fused-ring (bicyclic) bond motifs is 1. The van der Waals surface area contributed by atoms with Crippen molar-refractivity contribution in [3.8, 4) is 0 Å². The van der Waals surface area contributed by atoms with Gasteiger partial charge >= 0.3 is 0 Å². The Morgan fingerprint density at radius 1 is 0.846 bits per heavy atom. The zero-order valence-electron chi connectivity index (χ0n) is 15.9. The normalized spacial score (nSPS) is 18.3. The van der Waals surface area contributed by atoms with Crippen LogP contribution in [0.5, 0.6) is 0 Å². The van der Waals surface area contributed by atoms with Gasteiger partial charge < -0.3 is 0 Å². The summed E-state index contributed by atoms with van der Waals surface area (Å²) < 4.78 is 0. The molecule has 2 aromatic carbocycles. The van der Waals surface area contributed by atoms with Crippen LogP contribution in [0.1, 0.15) is 34.7 Å². The van der Waals surface area contributed by atoms with Gasteiger partial charge in [-0.05, 0) is 65.7 Å². The molecule has 0 N–H and O–H groups in total. The first-order valence-electron chi connectivity index (χ1n) is 9.60. The number of hydrogen-bond donors (Lipinski definition) is 0. The molecule has 0 heteroatoms. The van der Waals surface area contributed by atoms with Gasteiger partial charge in [0.1, 0.15) is 0 Å². The molecule has 4 rings (SSSR count). The van der Waals surface area contributed by atoms with E-state index in [1.54, 1.807) is 0 Å². The second-order valence-corrected chi connectivity index (χ2v) is 7.46. The van der Waals surface area contributed by atoms with E-state index in [1.165, 1.54) is 44.5 Å². The highest BCUT2D eigenvalue weighted by Gasteiger charge is 2.26. The van der Waals surface area contributed by atoms with Crippen LogP contribution in [-0.2, 0) is 12.8 Å². The molecule has 26 heavy (non-hydrogen) atoms. The molecule has 0 saturated heterocycles. The van der Waals surface area contributed by atoms with Crippen molar-refractivity contribution >= 4 is 5.57 Å². The van der Waals surface area contributed by atoms with E-state index in [9.17, 15) is 0 Å². The molecule has 2 aliphatic rings. The van der Waals surface area contributed by atoms with Crippen LogP contribution in [0.25, 0.3) is 5.57 Å². The molecule has 2 aromatic rings. The summed E-state index contributed by atoms with van der Waals surface area (Å²) in [7, 11) is 0. The Hall–Kier alpha value is -2.60. The summed E-state index contributed by atoms with van der Waals surface area (Å²) in [6.45, 7) is 6.60. The van der Waals surface area contributed by atoms with Crippen molar-refractivity contribution in [2.75, 3.05) is 0 Å². The van der Waals surface area contributed by atoms with Crippen molar-refractivity contribution in [1.82, 2.24) is 0 Å². The average molecular weight is 338 g/mol. The summed E-state index contributed by atoms with van der Waals surface area (Å²) in [5.41, 5.74) is 11.2. The van der Waals surface area contributed by atoms with Gasteiger partial charge in [0.25, 0.3) is 0 Å². The number of benzene rings is 2. The van der Waals surface area contributed by atoms with Gasteiger partial charge in [0.2, 0.25) is 0 Å². The summed E-state index contributed by atoms with van der Waals surface area (Å²) in [6.07, 6.45) is 13.6. The molecule has 0 heterocycles. The first kappa shape index (κ1) is 16.8. The molecule has 0 radical (unpaired) electrons. The van der Waals surface area contributed by atoms with E-state index in [2.05, 4.69) is 93.6 Å². The Kier molecular flexibility index (Phi) is 4.51. The van der Waals surface area contributed by atoms with E-state index in [1.807, 2.05) is 0 Å². The van der Waals surface area contributed by atoms with Gasteiger partial charge in [-0.3, -0.25) is 0 Å². The SMILES string of the molecule is CCc1ccc(C2=CC=C(Cc3ccc(C)cc3)C3=CC=CC32)cc1C. The minimum Gasteiger partial charge on any atom is -0.0726 e. The molecule has 0 amide bonds. The predicted molar refractivity (Wildman–Crippen MR) is 112 cm³/mol. The molecule has 0 nitrogen and oxygen atoms in total. The Bertz CT molecular complexity index is 946. The summed E-state index contributed by atoms with van der Waals surface area (Å²) >= 11 is 0. The van der Waals surface area contributed by atoms with E-state index >= 15 is 0 Å². The standard InChI is InChI=1S/C26H26/c1-4-21-12-13-22(16-19(21)3)25-15-14-23(24-6-5-7-26(24)25)17-20-10-8-18(2)9-11-20/h5-16,26H,4,17H2,1-3H3. The van der Waals surface area contributed by atoms with Gasteiger partial charge in [0.15, 0.2) is 0 Å². The lowest BCUT2D eigenvalue weighted by Gasteiger charge is -2.25. The Morgan fingerprint density at radius 3 is 2.38 bits per heavy atom. The molecule has 0 fully saturated rings. The third kappa shape index (κ3) is 3.12. The number of hydrogen-bond acceptors (Lipinski definition) is 0. The largest absolute Gasteiger partial charge is 0.0726 e. The fraction of sp³-hybridized carbons (Fsp3) is 0.231. The van der Waals surface area contributed by atoms with Crippen molar-refractivity contribution in [3.05, 3.63) is 112 Å². The van der Waals surface area contributed by atoms with Crippen LogP contribution < -0.4 is 0 Å². The van der Waals surface area contributed by atoms with Gasteiger partial charge in [-0.2, -0.15) is 0 Å². The third-order valence-electron chi connectivity index (χ3n) is 5.66. The van der Waals surface area contributed by atoms with E-state index in [0.717, 1.165) is 12.8 Å². The molecule has 2 aliphatic carbocycles. The van der Waals surface area contributed by atoms with Crippen molar-refractivity contribution in [1.29, 1.82) is 0 Å². The fourth-order valence-corrected chi connectivity index (χ4v) is 4.08. The van der Waals surface area contributed by atoms with Gasteiger partial charge in [-0.1, -0.05) is 85.3 Å². The monoisotopic (exact) mass is 338 g/mol. The first-order valence-corrected chi connectivity index (χ1v) is 9.60. The lowest BCUT2D eigenvalue weighted by atomic mass is 9.79. The molecule has 0 bridgehead atoms. The van der Waals surface area contributed by atoms with Crippen LogP contribution >= 0.6 is 0 Å². The minimum atomic E-state index is 0.396. The third-order valence-corrected chi connectivity index (χ3v) is 5.66. The van der Waals surface area contributed by atoms with Gasteiger partial charge in [-0.25, -0.2) is 0 Å². The highest BCUT2D eigenvalue weighted by Crippen LogP contribution is 2.41. The van der Waals surface area contributed by atoms with E-state index in [-0.39, 0.29) is 0 Å². The van der Waals surface area contributed by atoms with E-state index in [4.69, 9.17) is 0 Å². The summed E-state index contributed by atoms with van der Waals surface area (Å²) in [4.78, 5) is 0. The van der Waals surface area contributed by atoms with Crippen LogP contribution in [0.2, 0.25) is 0 Å². The predicted octanol–water partition coefficient (Wildman–Crippen LogP) is 6.54. The van der Waals surface area contributed by atoms with Crippen LogP contribution in [0.3, 0.4) is 0 Å². The molecule has 130 valence electrons. The average Bonchev–Trinajstić information content (AvgIpc) is 3.14. The van der Waals surface area contributed by atoms with Gasteiger partial charge in [0.05, 0.1) is 0 Å². The topological polar surface area (TPSA) is 0 Å². The molecule has 0 aromatic heterocycles. The van der Waals surface area contributed by atoms with E-state index in [0.29, 0.717) is 5.92 Å². The van der Waals surface area contributed by atoms with Gasteiger partial charge in [0, 0.05) is 5.92 Å². The van der Waals surface area contributed by atoms with Crippen LogP contribution in [-0.4, -0.2) is 0 Å². The highest BCUT2D eigenvalue weighted by atomic mass is 14.3. The van der Waals surface area contributed by atoms with Crippen LogP contribution in [0.4, 0.5) is 0 Å². The second-order valence-electron chi connectivity index (χ2n) is 7.46. The highest BCUT2D eigenvalue weighted by molar-refractivity contribution is 5.79. The second kappa shape index (κ2) is 6.96. The maximum atomic E-state index is 2.35. The van der Waals surface area contributed by atoms with Crippen LogP contribution in [0, 0.1) is 19.8 Å². The smallest absolute Gasteiger partial charge is 0.0281 e. The number of rotatable bonds is 4. The van der Waals surface area contributed by atoms with Crippen molar-refractivity contribution in [3.63, 3.8) is 0 Å². The van der Waals surface area contributed by atoms with E-state index < -0.39 is 0 Å². The molecule has 0 saturated carbocycles. The fourth-order valence-electron chi connectivity index (χ4n) is 4.08. The number of allylic oxidation sites excluding steroid dienone is 8. The lowest BCUT2D eigenvalue weighted by Crippen LogP contribution is -2.10. The lowest BCUT2D eigenvalue weighted by molar-refractivity contribution is 0.970. The summed E-state index contributed by atoms with van der Waals surface area (Å²) in [6, 6.07) is 15.8. The number of aryl methyl sites for hydroxylation is 3. The Labute approximate surface area is 157 Å². The Balaban J connectivity index is 1.67. The first-order chi connectivity index (χ1) is 12.7. The molecular formula is C26H26. The molecule has 0 aliphatic heterocycles. The zero-order valence-corrected chi connectivity index (χ0v) is 15.9. The van der Waals surface area contributed by atoms with Gasteiger partial charge in [-0.15, -0.1) is 0 Å². The molecule has 1 atom stereocenters. The maximum Gasteiger partial charge on any atom is 0.0281 e. The minimum absolute atomic E-state index is 0.396. The van der Waals surface area contributed by atoms with Crippen molar-refractivity contribution in [2.24, 2.45) is 5.92 Å². The molecule has 0 spiro atoms.